The second-order valence-electron chi connectivity index (χ2n) is 7.56. The Morgan fingerprint density at radius 1 is 1.00 bits per heavy atom. The van der Waals surface area contributed by atoms with E-state index >= 15 is 0 Å². The maximum absolute atomic E-state index is 12.9. The van der Waals surface area contributed by atoms with Gasteiger partial charge in [0.25, 0.3) is 5.91 Å². The summed E-state index contributed by atoms with van der Waals surface area (Å²) < 4.78 is 27.4. The first-order valence-electron chi connectivity index (χ1n) is 9.24. The van der Waals surface area contributed by atoms with Gasteiger partial charge < -0.3 is 5.32 Å². The summed E-state index contributed by atoms with van der Waals surface area (Å²) in [6, 6.07) is 13.7. The average molecular weight is 387 g/mol. The second-order valence-corrected chi connectivity index (χ2v) is 9.50. The van der Waals surface area contributed by atoms with E-state index in [-0.39, 0.29) is 10.8 Å². The number of benzene rings is 2. The summed E-state index contributed by atoms with van der Waals surface area (Å²) in [5, 5.41) is 2.86. The van der Waals surface area contributed by atoms with Crippen molar-refractivity contribution in [3.05, 3.63) is 59.7 Å². The fourth-order valence-corrected chi connectivity index (χ4v) is 5.32. The Balaban J connectivity index is 1.76. The average Bonchev–Trinajstić information content (AvgIpc) is 2.63. The van der Waals surface area contributed by atoms with Crippen molar-refractivity contribution >= 4 is 21.6 Å². The van der Waals surface area contributed by atoms with Gasteiger partial charge in [0.1, 0.15) is 0 Å². The number of nitrogens with one attached hydrogen (secondary N) is 1. The summed E-state index contributed by atoms with van der Waals surface area (Å²) in [6.45, 7) is 7.17. The van der Waals surface area contributed by atoms with E-state index in [1.165, 1.54) is 12.1 Å². The van der Waals surface area contributed by atoms with E-state index in [2.05, 4.69) is 19.2 Å². The Morgan fingerprint density at radius 3 is 2.19 bits per heavy atom. The summed E-state index contributed by atoms with van der Waals surface area (Å²) in [7, 11) is -3.53. The quantitative estimate of drug-likeness (QED) is 0.866. The van der Waals surface area contributed by atoms with E-state index in [9.17, 15) is 13.2 Å². The summed E-state index contributed by atoms with van der Waals surface area (Å²) in [6.07, 6.45) is 1.05. The summed E-state index contributed by atoms with van der Waals surface area (Å²) in [5.41, 5.74) is 2.14. The predicted molar refractivity (Wildman–Crippen MR) is 107 cm³/mol. The minimum absolute atomic E-state index is 0.233. The van der Waals surface area contributed by atoms with Crippen LogP contribution < -0.4 is 5.32 Å². The van der Waals surface area contributed by atoms with Crippen molar-refractivity contribution < 1.29 is 13.2 Å². The van der Waals surface area contributed by atoms with Crippen LogP contribution in [0, 0.1) is 18.8 Å². The molecule has 0 aliphatic carbocycles. The van der Waals surface area contributed by atoms with Crippen molar-refractivity contribution in [1.82, 2.24) is 4.31 Å². The van der Waals surface area contributed by atoms with E-state index in [4.69, 9.17) is 0 Å². The standard InChI is InChI=1S/C21H26N2O3S/c1-15-12-16(2)14-23(13-15)27(25,26)19-10-8-18(9-11-19)21(24)22-20-7-5-4-6-17(20)3/h4-11,15-16H,12-14H2,1-3H3,(H,22,24)/t15-,16-/m0/s1. The Bertz CT molecular complexity index is 913. The Morgan fingerprint density at radius 2 is 1.59 bits per heavy atom. The molecule has 144 valence electrons. The number of anilines is 1. The Labute approximate surface area is 161 Å². The number of hydrogen-bond acceptors (Lipinski definition) is 3. The molecule has 0 spiro atoms. The van der Waals surface area contributed by atoms with Gasteiger partial charge in [-0.25, -0.2) is 8.42 Å². The third kappa shape index (κ3) is 4.39. The molecule has 0 unspecified atom stereocenters. The molecule has 0 radical (unpaired) electrons. The Kier molecular flexibility index (Phi) is 5.67. The monoisotopic (exact) mass is 386 g/mol. The number of rotatable bonds is 4. The van der Waals surface area contributed by atoms with Crippen LogP contribution in [-0.2, 0) is 10.0 Å². The number of carbonyl (C=O) groups is 1. The molecule has 3 rings (SSSR count). The van der Waals surface area contributed by atoms with Crippen molar-refractivity contribution in [2.75, 3.05) is 18.4 Å². The summed E-state index contributed by atoms with van der Waals surface area (Å²) >= 11 is 0. The number of aryl methyl sites for hydroxylation is 1. The van der Waals surface area contributed by atoms with Gasteiger partial charge >= 0.3 is 0 Å². The normalized spacial score (nSPS) is 21.0. The zero-order valence-corrected chi connectivity index (χ0v) is 16.8. The maximum Gasteiger partial charge on any atom is 0.255 e. The van der Waals surface area contributed by atoms with Gasteiger partial charge in [-0.3, -0.25) is 4.79 Å². The van der Waals surface area contributed by atoms with Crippen molar-refractivity contribution in [2.24, 2.45) is 11.8 Å². The first kappa shape index (κ1) is 19.6. The molecular weight excluding hydrogens is 360 g/mol. The molecule has 1 aliphatic rings. The van der Waals surface area contributed by atoms with Gasteiger partial charge in [-0.1, -0.05) is 32.0 Å². The van der Waals surface area contributed by atoms with E-state index < -0.39 is 10.0 Å². The van der Waals surface area contributed by atoms with Crippen LogP contribution in [0.15, 0.2) is 53.4 Å². The lowest BCUT2D eigenvalue weighted by atomic mass is 9.94. The molecule has 0 bridgehead atoms. The summed E-state index contributed by atoms with van der Waals surface area (Å²) in [5.74, 6) is 0.443. The third-order valence-electron chi connectivity index (χ3n) is 4.98. The molecule has 1 heterocycles. The molecule has 2 atom stereocenters. The van der Waals surface area contributed by atoms with Crippen molar-refractivity contribution in [1.29, 1.82) is 0 Å². The lowest BCUT2D eigenvalue weighted by Crippen LogP contribution is -2.42. The molecule has 1 fully saturated rings. The minimum Gasteiger partial charge on any atom is -0.322 e. The smallest absolute Gasteiger partial charge is 0.255 e. The van der Waals surface area contributed by atoms with Crippen molar-refractivity contribution in [3.63, 3.8) is 0 Å². The van der Waals surface area contributed by atoms with Gasteiger partial charge in [0.2, 0.25) is 10.0 Å². The molecule has 1 aliphatic heterocycles. The highest BCUT2D eigenvalue weighted by molar-refractivity contribution is 7.89. The van der Waals surface area contributed by atoms with E-state index in [1.807, 2.05) is 31.2 Å². The van der Waals surface area contributed by atoms with Crippen LogP contribution in [0.3, 0.4) is 0 Å². The van der Waals surface area contributed by atoms with Crippen LogP contribution in [0.5, 0.6) is 0 Å². The largest absolute Gasteiger partial charge is 0.322 e. The first-order valence-corrected chi connectivity index (χ1v) is 10.7. The van der Waals surface area contributed by atoms with Crippen LogP contribution >= 0.6 is 0 Å². The summed E-state index contributed by atoms with van der Waals surface area (Å²) in [4.78, 5) is 12.7. The lowest BCUT2D eigenvalue weighted by molar-refractivity contribution is 0.102. The number of hydrogen-bond donors (Lipinski definition) is 1. The van der Waals surface area contributed by atoms with E-state index in [0.717, 1.165) is 17.7 Å². The molecule has 1 saturated heterocycles. The highest BCUT2D eigenvalue weighted by atomic mass is 32.2. The van der Waals surface area contributed by atoms with Crippen molar-refractivity contribution in [2.45, 2.75) is 32.1 Å². The molecule has 27 heavy (non-hydrogen) atoms. The highest BCUT2D eigenvalue weighted by Crippen LogP contribution is 2.27. The van der Waals surface area contributed by atoms with Gasteiger partial charge in [0, 0.05) is 24.3 Å². The van der Waals surface area contributed by atoms with Crippen LogP contribution in [-0.4, -0.2) is 31.7 Å². The van der Waals surface area contributed by atoms with Gasteiger partial charge in [-0.2, -0.15) is 4.31 Å². The van der Waals surface area contributed by atoms with Gasteiger partial charge in [0.15, 0.2) is 0 Å². The van der Waals surface area contributed by atoms with Gasteiger partial charge in [-0.15, -0.1) is 0 Å². The number of nitrogens with zero attached hydrogens (tertiary/aromatic N) is 1. The number of para-hydroxylation sites is 1. The van der Waals surface area contributed by atoms with E-state index in [1.54, 1.807) is 16.4 Å². The molecule has 5 nitrogen and oxygen atoms in total. The molecule has 2 aromatic carbocycles. The molecule has 6 heteroatoms. The molecule has 0 saturated carbocycles. The van der Waals surface area contributed by atoms with Crippen LogP contribution in [0.25, 0.3) is 0 Å². The number of carbonyl (C=O) groups excluding carboxylic acids is 1. The topological polar surface area (TPSA) is 66.5 Å². The maximum atomic E-state index is 12.9. The minimum atomic E-state index is -3.53. The second kappa shape index (κ2) is 7.82. The highest BCUT2D eigenvalue weighted by Gasteiger charge is 2.31. The van der Waals surface area contributed by atoms with Crippen molar-refractivity contribution in [3.8, 4) is 0 Å². The zero-order chi connectivity index (χ0) is 19.6. The predicted octanol–water partition coefficient (Wildman–Crippen LogP) is 3.91. The Hall–Kier alpha value is -2.18. The SMILES string of the molecule is Cc1ccccc1NC(=O)c1ccc(S(=O)(=O)N2C[C@@H](C)C[C@H](C)C2)cc1. The van der Waals surface area contributed by atoms with Crippen LogP contribution in [0.2, 0.25) is 0 Å². The molecular formula is C21H26N2O3S. The third-order valence-corrected chi connectivity index (χ3v) is 6.83. The number of piperidine rings is 1. The molecule has 1 amide bonds. The molecule has 2 aromatic rings. The van der Waals surface area contributed by atoms with Gasteiger partial charge in [-0.05, 0) is 61.1 Å². The number of sulfonamides is 1. The van der Waals surface area contributed by atoms with Crippen LogP contribution in [0.1, 0.15) is 36.2 Å². The number of amides is 1. The molecule has 1 N–H and O–H groups in total. The first-order chi connectivity index (χ1) is 12.8. The fraction of sp³-hybridized carbons (Fsp3) is 0.381. The van der Waals surface area contributed by atoms with Crippen LogP contribution in [0.4, 0.5) is 5.69 Å². The van der Waals surface area contributed by atoms with E-state index in [0.29, 0.717) is 30.5 Å². The fourth-order valence-electron chi connectivity index (χ4n) is 3.64. The lowest BCUT2D eigenvalue weighted by Gasteiger charge is -2.34. The zero-order valence-electron chi connectivity index (χ0n) is 16.0. The van der Waals surface area contributed by atoms with Gasteiger partial charge in [0.05, 0.1) is 4.90 Å². The molecule has 0 aromatic heterocycles.